The largest absolute Gasteiger partial charge is 0.313 e. The lowest BCUT2D eigenvalue weighted by Gasteiger charge is -2.01. The van der Waals surface area contributed by atoms with Gasteiger partial charge < -0.3 is 5.41 Å². The minimum atomic E-state index is 0.753. The van der Waals surface area contributed by atoms with Gasteiger partial charge in [0.05, 0.1) is 0 Å². The molecule has 0 saturated heterocycles. The van der Waals surface area contributed by atoms with Crippen LogP contribution in [0.15, 0.2) is 24.3 Å². The first-order valence-electron chi connectivity index (χ1n) is 8.22. The van der Waals surface area contributed by atoms with Gasteiger partial charge in [-0.1, -0.05) is 89.0 Å². The van der Waals surface area contributed by atoms with Gasteiger partial charge in [0.1, 0.15) is 0 Å². The summed E-state index contributed by atoms with van der Waals surface area (Å²) in [5.74, 6) is 0. The summed E-state index contributed by atoms with van der Waals surface area (Å²) in [5.41, 5.74) is 0. The Morgan fingerprint density at radius 2 is 1.21 bits per heavy atom. The van der Waals surface area contributed by atoms with Crippen molar-refractivity contribution in [3.05, 3.63) is 24.3 Å². The molecule has 0 bridgehead atoms. The fraction of sp³-hybridized carbons (Fsp3) is 0.722. The molecule has 0 aromatic heterocycles. The van der Waals surface area contributed by atoms with Crippen LogP contribution >= 0.6 is 0 Å². The summed E-state index contributed by atoms with van der Waals surface area (Å²) in [5, 5.41) is 6.88. The molecule has 0 atom stereocenters. The van der Waals surface area contributed by atoms with Crippen LogP contribution in [0.5, 0.6) is 0 Å². The number of nitrogens with one attached hydrogen (secondary N) is 1. The SMILES string of the molecule is CCCCCCCCCCCCC=CC=CCC=N. The highest BCUT2D eigenvalue weighted by molar-refractivity contribution is 5.55. The Kier molecular flexibility index (Phi) is 16.4. The third-order valence-electron chi connectivity index (χ3n) is 3.36. The van der Waals surface area contributed by atoms with Crippen LogP contribution in [0.2, 0.25) is 0 Å². The molecule has 0 aromatic rings. The van der Waals surface area contributed by atoms with E-state index >= 15 is 0 Å². The first-order valence-corrected chi connectivity index (χ1v) is 8.22. The Morgan fingerprint density at radius 3 is 1.79 bits per heavy atom. The standard InChI is InChI=1S/C18H33N/c1-2-3-4-5-6-7-8-9-10-11-12-13-14-15-16-17-18-19/h13-16,18-19H,2-12,17H2,1H3. The first-order chi connectivity index (χ1) is 9.41. The van der Waals surface area contributed by atoms with Crippen LogP contribution in [0, 0.1) is 5.41 Å². The number of allylic oxidation sites excluding steroid dienone is 4. The second-order valence-corrected chi connectivity index (χ2v) is 5.27. The lowest BCUT2D eigenvalue weighted by molar-refractivity contribution is 0.557. The number of hydrogen-bond donors (Lipinski definition) is 1. The highest BCUT2D eigenvalue weighted by atomic mass is 14.3. The molecule has 0 spiro atoms. The Labute approximate surface area is 120 Å². The van der Waals surface area contributed by atoms with Crippen LogP contribution in [0.25, 0.3) is 0 Å². The van der Waals surface area contributed by atoms with E-state index in [-0.39, 0.29) is 0 Å². The summed E-state index contributed by atoms with van der Waals surface area (Å²) in [4.78, 5) is 0. The molecule has 0 fully saturated rings. The molecular weight excluding hydrogens is 230 g/mol. The molecule has 110 valence electrons. The smallest absolute Gasteiger partial charge is 0.000294 e. The van der Waals surface area contributed by atoms with E-state index in [0.29, 0.717) is 0 Å². The van der Waals surface area contributed by atoms with Crippen LogP contribution in [0.1, 0.15) is 84.0 Å². The third-order valence-corrected chi connectivity index (χ3v) is 3.36. The highest BCUT2D eigenvalue weighted by Gasteiger charge is 1.91. The minimum absolute atomic E-state index is 0.753. The average Bonchev–Trinajstić information content (AvgIpc) is 2.43. The second kappa shape index (κ2) is 17.2. The van der Waals surface area contributed by atoms with Gasteiger partial charge >= 0.3 is 0 Å². The fourth-order valence-corrected chi connectivity index (χ4v) is 2.15. The van der Waals surface area contributed by atoms with Crippen LogP contribution < -0.4 is 0 Å². The van der Waals surface area contributed by atoms with Crippen molar-refractivity contribution < 1.29 is 0 Å². The van der Waals surface area contributed by atoms with E-state index in [0.717, 1.165) is 6.42 Å². The van der Waals surface area contributed by atoms with Crippen LogP contribution in [0.3, 0.4) is 0 Å². The second-order valence-electron chi connectivity index (χ2n) is 5.27. The molecule has 0 rings (SSSR count). The van der Waals surface area contributed by atoms with E-state index in [1.165, 1.54) is 76.8 Å². The number of hydrogen-bond acceptors (Lipinski definition) is 1. The number of unbranched alkanes of at least 4 members (excludes halogenated alkanes) is 10. The summed E-state index contributed by atoms with van der Waals surface area (Å²) in [6, 6.07) is 0. The Morgan fingerprint density at radius 1 is 0.684 bits per heavy atom. The Hall–Kier alpha value is -0.850. The van der Waals surface area contributed by atoms with Crippen molar-refractivity contribution in [2.75, 3.05) is 0 Å². The summed E-state index contributed by atoms with van der Waals surface area (Å²) in [6.07, 6.45) is 25.8. The fourth-order valence-electron chi connectivity index (χ4n) is 2.15. The lowest BCUT2D eigenvalue weighted by atomic mass is 10.1. The van der Waals surface area contributed by atoms with Gasteiger partial charge in [-0.25, -0.2) is 0 Å². The van der Waals surface area contributed by atoms with Crippen molar-refractivity contribution in [1.29, 1.82) is 5.41 Å². The maximum atomic E-state index is 6.88. The molecule has 1 N–H and O–H groups in total. The van der Waals surface area contributed by atoms with Crippen molar-refractivity contribution in [2.24, 2.45) is 0 Å². The van der Waals surface area contributed by atoms with Crippen molar-refractivity contribution in [2.45, 2.75) is 84.0 Å². The Balaban J connectivity index is 3.08. The molecule has 0 amide bonds. The van der Waals surface area contributed by atoms with E-state index in [2.05, 4.69) is 19.1 Å². The minimum Gasteiger partial charge on any atom is -0.313 e. The summed E-state index contributed by atoms with van der Waals surface area (Å²) in [6.45, 7) is 2.28. The van der Waals surface area contributed by atoms with Gasteiger partial charge in [0.2, 0.25) is 0 Å². The first kappa shape index (κ1) is 18.1. The zero-order valence-corrected chi connectivity index (χ0v) is 12.9. The van der Waals surface area contributed by atoms with E-state index in [1.54, 1.807) is 0 Å². The Bertz CT molecular complexity index is 228. The van der Waals surface area contributed by atoms with Gasteiger partial charge in [-0.3, -0.25) is 0 Å². The lowest BCUT2D eigenvalue weighted by Crippen LogP contribution is -1.81. The van der Waals surface area contributed by atoms with Gasteiger partial charge in [0.15, 0.2) is 0 Å². The van der Waals surface area contributed by atoms with Gasteiger partial charge in [-0.15, -0.1) is 0 Å². The van der Waals surface area contributed by atoms with Crippen LogP contribution in [-0.4, -0.2) is 6.21 Å². The maximum Gasteiger partial charge on any atom is 0.000294 e. The van der Waals surface area contributed by atoms with Gasteiger partial charge in [0, 0.05) is 6.42 Å². The molecule has 0 unspecified atom stereocenters. The summed E-state index contributed by atoms with van der Waals surface area (Å²) >= 11 is 0. The molecule has 19 heavy (non-hydrogen) atoms. The normalized spacial score (nSPS) is 11.6. The third kappa shape index (κ3) is 17.1. The molecule has 1 nitrogen and oxygen atoms in total. The molecule has 0 radical (unpaired) electrons. The molecule has 0 heterocycles. The predicted octanol–water partition coefficient (Wildman–Crippen LogP) is 6.45. The number of rotatable bonds is 14. The van der Waals surface area contributed by atoms with Crippen molar-refractivity contribution in [3.63, 3.8) is 0 Å². The van der Waals surface area contributed by atoms with E-state index < -0.39 is 0 Å². The zero-order valence-electron chi connectivity index (χ0n) is 12.9. The average molecular weight is 263 g/mol. The quantitative estimate of drug-likeness (QED) is 0.211. The van der Waals surface area contributed by atoms with Crippen LogP contribution in [0.4, 0.5) is 0 Å². The van der Waals surface area contributed by atoms with Crippen molar-refractivity contribution >= 4 is 6.21 Å². The van der Waals surface area contributed by atoms with Gasteiger partial charge in [-0.05, 0) is 19.1 Å². The zero-order chi connectivity index (χ0) is 14.0. The molecule has 0 saturated carbocycles. The summed E-state index contributed by atoms with van der Waals surface area (Å²) < 4.78 is 0. The van der Waals surface area contributed by atoms with E-state index in [4.69, 9.17) is 5.41 Å². The van der Waals surface area contributed by atoms with Crippen LogP contribution in [-0.2, 0) is 0 Å². The monoisotopic (exact) mass is 263 g/mol. The molecular formula is C18H33N. The summed E-state index contributed by atoms with van der Waals surface area (Å²) in [7, 11) is 0. The predicted molar refractivity (Wildman–Crippen MR) is 88.1 cm³/mol. The van der Waals surface area contributed by atoms with Crippen molar-refractivity contribution in [3.8, 4) is 0 Å². The van der Waals surface area contributed by atoms with E-state index in [9.17, 15) is 0 Å². The highest BCUT2D eigenvalue weighted by Crippen LogP contribution is 2.11. The topological polar surface area (TPSA) is 23.9 Å². The van der Waals surface area contributed by atoms with Crippen molar-refractivity contribution in [1.82, 2.24) is 0 Å². The molecule has 0 aliphatic heterocycles. The molecule has 0 aliphatic rings. The van der Waals surface area contributed by atoms with Gasteiger partial charge in [0.25, 0.3) is 0 Å². The molecule has 0 aliphatic carbocycles. The maximum absolute atomic E-state index is 6.88. The molecule has 0 aromatic carbocycles. The van der Waals surface area contributed by atoms with E-state index in [1.807, 2.05) is 12.2 Å². The molecule has 1 heteroatoms. The van der Waals surface area contributed by atoms with Gasteiger partial charge in [-0.2, -0.15) is 0 Å².